The Morgan fingerprint density at radius 2 is 2.40 bits per heavy atom. The maximum atomic E-state index is 8.79. The Hall–Kier alpha value is -0.760. The van der Waals surface area contributed by atoms with Gasteiger partial charge in [0.2, 0.25) is 0 Å². The number of aliphatic hydroxyl groups excluding tert-OH is 1. The normalized spacial score (nSPS) is 17.7. The number of hydrogen-bond donors (Lipinski definition) is 1. The van der Waals surface area contributed by atoms with Crippen LogP contribution in [0.4, 0.5) is 0 Å². The van der Waals surface area contributed by atoms with E-state index in [0.717, 1.165) is 5.76 Å². The van der Waals surface area contributed by atoms with Crippen molar-refractivity contribution in [2.24, 2.45) is 0 Å². The maximum absolute atomic E-state index is 8.79. The molecule has 1 aromatic rings. The van der Waals surface area contributed by atoms with E-state index < -0.39 is 0 Å². The molecule has 54 valence electrons. The highest BCUT2D eigenvalue weighted by atomic mass is 16.4. The number of rotatable bonds is 2. The molecule has 1 N–H and O–H groups in total. The molecule has 2 heteroatoms. The fraction of sp³-hybridized carbons (Fsp3) is 0.500. The average molecular weight is 138 g/mol. The monoisotopic (exact) mass is 138 g/mol. The van der Waals surface area contributed by atoms with Crippen molar-refractivity contribution in [2.75, 3.05) is 0 Å². The first-order valence-corrected chi connectivity index (χ1v) is 3.59. The summed E-state index contributed by atoms with van der Waals surface area (Å²) in [6.07, 6.45) is 4.16. The summed E-state index contributed by atoms with van der Waals surface area (Å²) < 4.78 is 5.07. The van der Waals surface area contributed by atoms with Gasteiger partial charge in [0.1, 0.15) is 12.4 Å². The second-order valence-electron chi connectivity index (χ2n) is 2.73. The third-order valence-electron chi connectivity index (χ3n) is 1.94. The molecule has 0 amide bonds. The summed E-state index contributed by atoms with van der Waals surface area (Å²) in [6, 6.07) is 1.96. The van der Waals surface area contributed by atoms with Crippen LogP contribution in [0.25, 0.3) is 0 Å². The number of hydrogen-bond acceptors (Lipinski definition) is 2. The predicted molar refractivity (Wildman–Crippen MR) is 36.6 cm³/mol. The minimum Gasteiger partial charge on any atom is -0.467 e. The Bertz CT molecular complexity index is 223. The Balaban J connectivity index is 2.28. The van der Waals surface area contributed by atoms with Crippen molar-refractivity contribution < 1.29 is 9.52 Å². The van der Waals surface area contributed by atoms with Gasteiger partial charge in [-0.2, -0.15) is 0 Å². The van der Waals surface area contributed by atoms with Crippen molar-refractivity contribution in [1.82, 2.24) is 0 Å². The minimum absolute atomic E-state index is 0.0405. The van der Waals surface area contributed by atoms with Crippen LogP contribution in [0, 0.1) is 0 Å². The summed E-state index contributed by atoms with van der Waals surface area (Å²) in [5, 5.41) is 8.79. The van der Waals surface area contributed by atoms with E-state index in [4.69, 9.17) is 9.52 Å². The molecule has 0 unspecified atom stereocenters. The van der Waals surface area contributed by atoms with E-state index in [2.05, 4.69) is 0 Å². The molecule has 1 saturated carbocycles. The second-order valence-corrected chi connectivity index (χ2v) is 2.73. The molecule has 0 bridgehead atoms. The summed E-state index contributed by atoms with van der Waals surface area (Å²) in [5.74, 6) is 1.43. The zero-order valence-electron chi connectivity index (χ0n) is 5.71. The Morgan fingerprint density at radius 1 is 1.60 bits per heavy atom. The lowest BCUT2D eigenvalue weighted by molar-refractivity contribution is 0.245. The highest BCUT2D eigenvalue weighted by Gasteiger charge is 2.27. The molecule has 0 atom stereocenters. The first-order chi connectivity index (χ1) is 4.92. The third kappa shape index (κ3) is 0.847. The second kappa shape index (κ2) is 2.13. The van der Waals surface area contributed by atoms with Gasteiger partial charge in [-0.15, -0.1) is 0 Å². The first kappa shape index (κ1) is 5.98. The van der Waals surface area contributed by atoms with E-state index >= 15 is 0 Å². The predicted octanol–water partition coefficient (Wildman–Crippen LogP) is 1.65. The van der Waals surface area contributed by atoms with Crippen LogP contribution in [0.3, 0.4) is 0 Å². The van der Waals surface area contributed by atoms with Gasteiger partial charge in [-0.25, -0.2) is 0 Å². The summed E-state index contributed by atoms with van der Waals surface area (Å²) >= 11 is 0. The van der Waals surface area contributed by atoms with Gasteiger partial charge in [-0.1, -0.05) is 0 Å². The van der Waals surface area contributed by atoms with Gasteiger partial charge in [0, 0.05) is 0 Å². The van der Waals surface area contributed by atoms with Gasteiger partial charge in [0.15, 0.2) is 0 Å². The van der Waals surface area contributed by atoms with E-state index in [1.807, 2.05) is 6.07 Å². The highest BCUT2D eigenvalue weighted by Crippen LogP contribution is 2.41. The molecule has 2 nitrogen and oxygen atoms in total. The number of aliphatic hydroxyl groups is 1. The highest BCUT2D eigenvalue weighted by molar-refractivity contribution is 5.25. The molecule has 1 aliphatic carbocycles. The summed E-state index contributed by atoms with van der Waals surface area (Å²) in [7, 11) is 0. The molecule has 1 aliphatic rings. The zero-order chi connectivity index (χ0) is 6.97. The van der Waals surface area contributed by atoms with E-state index in [0.29, 0.717) is 5.92 Å². The van der Waals surface area contributed by atoms with Crippen molar-refractivity contribution >= 4 is 0 Å². The molecular formula is C8H10O2. The lowest BCUT2D eigenvalue weighted by Crippen LogP contribution is -1.84. The smallest absolute Gasteiger partial charge is 0.132 e. The lowest BCUT2D eigenvalue weighted by atomic mass is 10.2. The molecule has 1 fully saturated rings. The Morgan fingerprint density at radius 3 is 3.00 bits per heavy atom. The molecule has 1 heterocycles. The number of furan rings is 1. The van der Waals surface area contributed by atoms with Crippen LogP contribution < -0.4 is 0 Å². The SMILES string of the molecule is OCc1occc1C1CC1. The molecule has 0 aliphatic heterocycles. The van der Waals surface area contributed by atoms with Crippen LogP contribution >= 0.6 is 0 Å². The minimum atomic E-state index is 0.0405. The molecule has 0 saturated heterocycles. The summed E-state index contributed by atoms with van der Waals surface area (Å²) in [6.45, 7) is 0.0405. The van der Waals surface area contributed by atoms with Gasteiger partial charge in [-0.05, 0) is 30.4 Å². The molecule has 2 rings (SSSR count). The van der Waals surface area contributed by atoms with Gasteiger partial charge in [0.25, 0.3) is 0 Å². The lowest BCUT2D eigenvalue weighted by Gasteiger charge is -1.93. The van der Waals surface area contributed by atoms with Gasteiger partial charge in [0.05, 0.1) is 6.26 Å². The quantitative estimate of drug-likeness (QED) is 0.674. The largest absolute Gasteiger partial charge is 0.467 e. The maximum Gasteiger partial charge on any atom is 0.132 e. The van der Waals surface area contributed by atoms with Crippen molar-refractivity contribution in [3.8, 4) is 0 Å². The van der Waals surface area contributed by atoms with Crippen LogP contribution in [0.15, 0.2) is 16.7 Å². The summed E-state index contributed by atoms with van der Waals surface area (Å²) in [5.41, 5.74) is 1.21. The van der Waals surface area contributed by atoms with Crippen molar-refractivity contribution in [2.45, 2.75) is 25.4 Å². The fourth-order valence-corrected chi connectivity index (χ4v) is 1.24. The average Bonchev–Trinajstić information content (AvgIpc) is 2.69. The molecule has 0 aromatic carbocycles. The van der Waals surface area contributed by atoms with E-state index in [-0.39, 0.29) is 6.61 Å². The van der Waals surface area contributed by atoms with Crippen molar-refractivity contribution in [3.63, 3.8) is 0 Å². The molecule has 0 radical (unpaired) electrons. The van der Waals surface area contributed by atoms with Crippen LogP contribution in [0.5, 0.6) is 0 Å². The van der Waals surface area contributed by atoms with Crippen LogP contribution in [-0.4, -0.2) is 5.11 Å². The van der Waals surface area contributed by atoms with Gasteiger partial charge >= 0.3 is 0 Å². The van der Waals surface area contributed by atoms with Crippen LogP contribution in [-0.2, 0) is 6.61 Å². The Kier molecular flexibility index (Phi) is 1.27. The fourth-order valence-electron chi connectivity index (χ4n) is 1.24. The third-order valence-corrected chi connectivity index (χ3v) is 1.94. The van der Waals surface area contributed by atoms with E-state index in [1.54, 1.807) is 6.26 Å². The van der Waals surface area contributed by atoms with Crippen molar-refractivity contribution in [3.05, 3.63) is 23.7 Å². The zero-order valence-corrected chi connectivity index (χ0v) is 5.71. The van der Waals surface area contributed by atoms with Crippen LogP contribution in [0.2, 0.25) is 0 Å². The standard InChI is InChI=1S/C8H10O2/c9-5-8-7(3-4-10-8)6-1-2-6/h3-4,6,9H,1-2,5H2. The topological polar surface area (TPSA) is 33.4 Å². The summed E-state index contributed by atoms with van der Waals surface area (Å²) in [4.78, 5) is 0. The van der Waals surface area contributed by atoms with Crippen LogP contribution in [0.1, 0.15) is 30.1 Å². The molecule has 10 heavy (non-hydrogen) atoms. The van der Waals surface area contributed by atoms with Crippen molar-refractivity contribution in [1.29, 1.82) is 0 Å². The van der Waals surface area contributed by atoms with Gasteiger partial charge in [-0.3, -0.25) is 0 Å². The van der Waals surface area contributed by atoms with Gasteiger partial charge < -0.3 is 9.52 Å². The molecular weight excluding hydrogens is 128 g/mol. The first-order valence-electron chi connectivity index (χ1n) is 3.59. The Labute approximate surface area is 59.5 Å². The van der Waals surface area contributed by atoms with E-state index in [1.165, 1.54) is 18.4 Å². The molecule has 1 aromatic heterocycles. The van der Waals surface area contributed by atoms with E-state index in [9.17, 15) is 0 Å². The molecule has 0 spiro atoms.